The molecule has 0 saturated heterocycles. The first kappa shape index (κ1) is 16.2. The van der Waals surface area contributed by atoms with E-state index < -0.39 is 0 Å². The second kappa shape index (κ2) is 6.92. The van der Waals surface area contributed by atoms with Crippen LogP contribution in [0.5, 0.6) is 5.75 Å². The Morgan fingerprint density at radius 3 is 2.54 bits per heavy atom. The van der Waals surface area contributed by atoms with Crippen molar-refractivity contribution in [3.05, 3.63) is 78.4 Å². The Bertz CT molecular complexity index is 1050. The van der Waals surface area contributed by atoms with E-state index in [2.05, 4.69) is 5.32 Å². The minimum absolute atomic E-state index is 0.0293. The van der Waals surface area contributed by atoms with E-state index in [0.717, 1.165) is 27.5 Å². The van der Waals surface area contributed by atoms with Crippen LogP contribution in [0.15, 0.2) is 77.2 Å². The lowest BCUT2D eigenvalue weighted by Crippen LogP contribution is -2.31. The Hall–Kier alpha value is -3.27. The summed E-state index contributed by atoms with van der Waals surface area (Å²) in [6, 6.07) is 23.3. The van der Waals surface area contributed by atoms with Gasteiger partial charge in [-0.05, 0) is 36.8 Å². The monoisotopic (exact) mass is 345 g/mol. The molecule has 0 unspecified atom stereocenters. The molecule has 4 rings (SSSR count). The first-order valence-electron chi connectivity index (χ1n) is 8.59. The van der Waals surface area contributed by atoms with E-state index in [-0.39, 0.29) is 18.6 Å². The lowest BCUT2D eigenvalue weighted by Gasteiger charge is -2.14. The molecular weight excluding hydrogens is 326 g/mol. The lowest BCUT2D eigenvalue weighted by molar-refractivity contribution is -0.123. The van der Waals surface area contributed by atoms with Gasteiger partial charge in [0.05, 0.1) is 6.04 Å². The van der Waals surface area contributed by atoms with Crippen LogP contribution >= 0.6 is 0 Å². The predicted molar refractivity (Wildman–Crippen MR) is 102 cm³/mol. The first-order valence-corrected chi connectivity index (χ1v) is 8.59. The molecule has 1 atom stereocenters. The molecule has 26 heavy (non-hydrogen) atoms. The average Bonchev–Trinajstić information content (AvgIpc) is 3.05. The van der Waals surface area contributed by atoms with Crippen LogP contribution in [-0.4, -0.2) is 12.5 Å². The molecule has 0 aliphatic rings. The molecule has 1 amide bonds. The van der Waals surface area contributed by atoms with Gasteiger partial charge in [-0.15, -0.1) is 0 Å². The largest absolute Gasteiger partial charge is 0.484 e. The van der Waals surface area contributed by atoms with Gasteiger partial charge in [0.2, 0.25) is 0 Å². The molecule has 1 aromatic heterocycles. The number of rotatable bonds is 5. The van der Waals surface area contributed by atoms with Crippen LogP contribution in [0.1, 0.15) is 18.5 Å². The molecule has 0 bridgehead atoms. The summed E-state index contributed by atoms with van der Waals surface area (Å²) in [5.74, 6) is 0.491. The molecule has 0 spiro atoms. The Morgan fingerprint density at radius 1 is 0.962 bits per heavy atom. The van der Waals surface area contributed by atoms with Gasteiger partial charge in [-0.3, -0.25) is 4.79 Å². The number of benzene rings is 3. The number of carbonyl (C=O) groups excluding carboxylic acids is 1. The number of hydrogen-bond donors (Lipinski definition) is 1. The SMILES string of the molecule is C[C@H](NC(=O)COc1ccc2oc3ccccc3c2c1)c1ccccc1. The predicted octanol–water partition coefficient (Wildman–Crippen LogP) is 4.84. The summed E-state index contributed by atoms with van der Waals surface area (Å²) in [4.78, 5) is 12.2. The molecule has 130 valence electrons. The highest BCUT2D eigenvalue weighted by Gasteiger charge is 2.11. The highest BCUT2D eigenvalue weighted by atomic mass is 16.5. The van der Waals surface area contributed by atoms with Crippen LogP contribution in [-0.2, 0) is 4.79 Å². The van der Waals surface area contributed by atoms with Gasteiger partial charge in [-0.1, -0.05) is 48.5 Å². The molecule has 1 N–H and O–H groups in total. The zero-order valence-electron chi connectivity index (χ0n) is 14.4. The van der Waals surface area contributed by atoms with Crippen molar-refractivity contribution in [3.8, 4) is 5.75 Å². The van der Waals surface area contributed by atoms with Gasteiger partial charge in [0, 0.05) is 10.8 Å². The van der Waals surface area contributed by atoms with Crippen LogP contribution in [0, 0.1) is 0 Å². The standard InChI is InChI=1S/C22H19NO3/c1-15(16-7-3-2-4-8-16)23-22(24)14-25-17-11-12-21-19(13-17)18-9-5-6-10-20(18)26-21/h2-13,15H,14H2,1H3,(H,23,24)/t15-/m0/s1. The fraction of sp³-hybridized carbons (Fsp3) is 0.136. The topological polar surface area (TPSA) is 51.5 Å². The molecule has 0 saturated carbocycles. The van der Waals surface area contributed by atoms with Gasteiger partial charge in [-0.2, -0.15) is 0 Å². The van der Waals surface area contributed by atoms with Crippen LogP contribution < -0.4 is 10.1 Å². The van der Waals surface area contributed by atoms with E-state index in [1.165, 1.54) is 0 Å². The summed E-state index contributed by atoms with van der Waals surface area (Å²) in [5, 5.41) is 4.97. The number of para-hydroxylation sites is 1. The maximum Gasteiger partial charge on any atom is 0.258 e. The molecule has 4 nitrogen and oxygen atoms in total. The number of amides is 1. The van der Waals surface area contributed by atoms with E-state index in [0.29, 0.717) is 5.75 Å². The Kier molecular flexibility index (Phi) is 4.32. The van der Waals surface area contributed by atoms with Crippen molar-refractivity contribution in [1.29, 1.82) is 0 Å². The van der Waals surface area contributed by atoms with E-state index in [4.69, 9.17) is 9.15 Å². The fourth-order valence-electron chi connectivity index (χ4n) is 3.05. The maximum absolute atomic E-state index is 12.2. The third kappa shape index (κ3) is 3.26. The number of fused-ring (bicyclic) bond motifs is 3. The minimum Gasteiger partial charge on any atom is -0.484 e. The van der Waals surface area contributed by atoms with Crippen LogP contribution in [0.3, 0.4) is 0 Å². The van der Waals surface area contributed by atoms with Gasteiger partial charge >= 0.3 is 0 Å². The zero-order chi connectivity index (χ0) is 17.9. The van der Waals surface area contributed by atoms with Crippen molar-refractivity contribution in [2.24, 2.45) is 0 Å². The van der Waals surface area contributed by atoms with Gasteiger partial charge in [-0.25, -0.2) is 0 Å². The Balaban J connectivity index is 1.44. The highest BCUT2D eigenvalue weighted by molar-refractivity contribution is 6.05. The van der Waals surface area contributed by atoms with Crippen molar-refractivity contribution in [2.45, 2.75) is 13.0 Å². The van der Waals surface area contributed by atoms with Gasteiger partial charge in [0.1, 0.15) is 16.9 Å². The van der Waals surface area contributed by atoms with E-state index in [9.17, 15) is 4.79 Å². The molecule has 0 fully saturated rings. The average molecular weight is 345 g/mol. The van der Waals surface area contributed by atoms with Gasteiger partial charge in [0.25, 0.3) is 5.91 Å². The summed E-state index contributed by atoms with van der Waals surface area (Å²) in [6.07, 6.45) is 0. The lowest BCUT2D eigenvalue weighted by atomic mass is 10.1. The third-order valence-corrected chi connectivity index (χ3v) is 4.40. The summed E-state index contributed by atoms with van der Waals surface area (Å²) in [6.45, 7) is 1.93. The van der Waals surface area contributed by atoms with Crippen molar-refractivity contribution < 1.29 is 13.9 Å². The van der Waals surface area contributed by atoms with Crippen molar-refractivity contribution in [3.63, 3.8) is 0 Å². The van der Waals surface area contributed by atoms with Crippen LogP contribution in [0.4, 0.5) is 0 Å². The molecule has 0 radical (unpaired) electrons. The molecular formula is C22H19NO3. The molecule has 0 aliphatic heterocycles. The minimum atomic E-state index is -0.154. The first-order chi connectivity index (χ1) is 12.7. The second-order valence-corrected chi connectivity index (χ2v) is 6.24. The smallest absolute Gasteiger partial charge is 0.258 e. The molecule has 0 aliphatic carbocycles. The van der Waals surface area contributed by atoms with E-state index in [1.54, 1.807) is 0 Å². The van der Waals surface area contributed by atoms with Gasteiger partial charge < -0.3 is 14.5 Å². The summed E-state index contributed by atoms with van der Waals surface area (Å²) in [5.41, 5.74) is 2.71. The second-order valence-electron chi connectivity index (χ2n) is 6.24. The number of hydrogen-bond acceptors (Lipinski definition) is 3. The molecule has 3 aromatic carbocycles. The van der Waals surface area contributed by atoms with Crippen LogP contribution in [0.25, 0.3) is 21.9 Å². The van der Waals surface area contributed by atoms with E-state index >= 15 is 0 Å². The maximum atomic E-state index is 12.2. The highest BCUT2D eigenvalue weighted by Crippen LogP contribution is 2.31. The van der Waals surface area contributed by atoms with Crippen molar-refractivity contribution >= 4 is 27.8 Å². The zero-order valence-corrected chi connectivity index (χ0v) is 14.4. The van der Waals surface area contributed by atoms with Crippen molar-refractivity contribution in [2.75, 3.05) is 6.61 Å². The number of carbonyl (C=O) groups is 1. The Labute approximate surface area is 151 Å². The number of nitrogens with one attached hydrogen (secondary N) is 1. The van der Waals surface area contributed by atoms with Gasteiger partial charge in [0.15, 0.2) is 6.61 Å². The number of furan rings is 1. The Morgan fingerprint density at radius 2 is 1.69 bits per heavy atom. The van der Waals surface area contributed by atoms with E-state index in [1.807, 2.05) is 79.7 Å². The molecule has 4 heteroatoms. The van der Waals surface area contributed by atoms with Crippen molar-refractivity contribution in [1.82, 2.24) is 5.32 Å². The third-order valence-electron chi connectivity index (χ3n) is 4.40. The van der Waals surface area contributed by atoms with Crippen LogP contribution in [0.2, 0.25) is 0 Å². The normalized spacial score (nSPS) is 12.2. The molecule has 1 heterocycles. The number of ether oxygens (including phenoxy) is 1. The quantitative estimate of drug-likeness (QED) is 0.563. The summed E-state index contributed by atoms with van der Waals surface area (Å²) in [7, 11) is 0. The summed E-state index contributed by atoms with van der Waals surface area (Å²) < 4.78 is 11.5. The molecule has 4 aromatic rings. The summed E-state index contributed by atoms with van der Waals surface area (Å²) >= 11 is 0. The fourth-order valence-corrected chi connectivity index (χ4v) is 3.05.